The van der Waals surface area contributed by atoms with Crippen molar-refractivity contribution in [3.05, 3.63) is 35.5 Å². The molecule has 1 heterocycles. The van der Waals surface area contributed by atoms with Gasteiger partial charge in [0.25, 0.3) is 0 Å². The lowest BCUT2D eigenvalue weighted by Gasteiger charge is -2.13. The lowest BCUT2D eigenvalue weighted by molar-refractivity contribution is -0.125. The number of amides is 1. The Morgan fingerprint density at radius 2 is 2.18 bits per heavy atom. The van der Waals surface area contributed by atoms with Crippen molar-refractivity contribution < 1.29 is 13.7 Å². The fraction of sp³-hybridized carbons (Fsp3) is 0.400. The predicted molar refractivity (Wildman–Crippen MR) is 79.2 cm³/mol. The van der Waals surface area contributed by atoms with Crippen LogP contribution in [-0.4, -0.2) is 22.6 Å². The normalized spacial score (nSPS) is 13.7. The maximum Gasteiger partial charge on any atom is 0.249 e. The van der Waals surface area contributed by atoms with E-state index in [4.69, 9.17) is 10.3 Å². The number of carbonyl (C=O) groups excluding carboxylic acids is 1. The topological polar surface area (TPSA) is 94.0 Å². The summed E-state index contributed by atoms with van der Waals surface area (Å²) in [5.74, 6) is -0.274. The Balaban J connectivity index is 2.13. The van der Waals surface area contributed by atoms with Crippen molar-refractivity contribution in [2.45, 2.75) is 26.8 Å². The van der Waals surface area contributed by atoms with E-state index in [9.17, 15) is 9.18 Å². The second-order valence-electron chi connectivity index (χ2n) is 5.29. The Bertz CT molecular complexity index is 671. The number of halogens is 1. The minimum absolute atomic E-state index is 0.184. The molecule has 0 radical (unpaired) electrons. The molecule has 2 rings (SSSR count). The highest BCUT2D eigenvalue weighted by Crippen LogP contribution is 2.21. The fourth-order valence-corrected chi connectivity index (χ4v) is 1.78. The van der Waals surface area contributed by atoms with Gasteiger partial charge in [0.1, 0.15) is 11.9 Å². The quantitative estimate of drug-likeness (QED) is 0.880. The first kappa shape index (κ1) is 16.1. The van der Waals surface area contributed by atoms with E-state index >= 15 is 0 Å². The van der Waals surface area contributed by atoms with Gasteiger partial charge in [-0.15, -0.1) is 0 Å². The summed E-state index contributed by atoms with van der Waals surface area (Å²) in [5.41, 5.74) is 6.51. The number of nitrogens with two attached hydrogens (primary N) is 1. The van der Waals surface area contributed by atoms with E-state index in [-0.39, 0.29) is 35.9 Å². The summed E-state index contributed by atoms with van der Waals surface area (Å²) < 4.78 is 18.7. The molecule has 2 unspecified atom stereocenters. The molecule has 0 spiro atoms. The molecular formula is C15H19FN4O2. The number of hydrogen-bond donors (Lipinski definition) is 2. The van der Waals surface area contributed by atoms with Crippen LogP contribution in [0.3, 0.4) is 0 Å². The molecule has 118 valence electrons. The monoisotopic (exact) mass is 306 g/mol. The van der Waals surface area contributed by atoms with Gasteiger partial charge in [-0.05, 0) is 25.5 Å². The van der Waals surface area contributed by atoms with Crippen LogP contribution in [0.1, 0.15) is 31.3 Å². The van der Waals surface area contributed by atoms with Crippen molar-refractivity contribution in [2.24, 2.45) is 11.7 Å². The predicted octanol–water partition coefficient (Wildman–Crippen LogP) is 1.96. The standard InChI is InChI=1S/C15H19FN4O2/c1-8-4-5-11(6-12(8)16)13-19-15(22-20-13)10(3)18-14(21)9(2)7-17/h4-6,9-10H,7,17H2,1-3H3,(H,18,21). The van der Waals surface area contributed by atoms with Crippen LogP contribution in [0.25, 0.3) is 11.4 Å². The second-order valence-corrected chi connectivity index (χ2v) is 5.29. The van der Waals surface area contributed by atoms with Gasteiger partial charge < -0.3 is 15.6 Å². The zero-order chi connectivity index (χ0) is 16.3. The SMILES string of the molecule is Cc1ccc(-c2noc(C(C)NC(=O)C(C)CN)n2)cc1F. The fourth-order valence-electron chi connectivity index (χ4n) is 1.78. The molecular weight excluding hydrogens is 287 g/mol. The van der Waals surface area contributed by atoms with Crippen LogP contribution in [-0.2, 0) is 4.79 Å². The molecule has 1 amide bonds. The summed E-state index contributed by atoms with van der Waals surface area (Å²) in [7, 11) is 0. The van der Waals surface area contributed by atoms with Crippen LogP contribution in [0.5, 0.6) is 0 Å². The van der Waals surface area contributed by atoms with Crippen molar-refractivity contribution in [2.75, 3.05) is 6.54 Å². The molecule has 7 heteroatoms. The molecule has 3 N–H and O–H groups in total. The van der Waals surface area contributed by atoms with Crippen molar-refractivity contribution in [1.29, 1.82) is 0 Å². The van der Waals surface area contributed by atoms with Gasteiger partial charge in [0, 0.05) is 18.0 Å². The molecule has 0 aliphatic heterocycles. The van der Waals surface area contributed by atoms with E-state index in [2.05, 4.69) is 15.5 Å². The third-order valence-electron chi connectivity index (χ3n) is 3.40. The largest absolute Gasteiger partial charge is 0.344 e. The Kier molecular flexibility index (Phi) is 4.87. The first-order chi connectivity index (χ1) is 10.4. The second kappa shape index (κ2) is 6.65. The van der Waals surface area contributed by atoms with E-state index in [1.165, 1.54) is 6.07 Å². The van der Waals surface area contributed by atoms with E-state index in [1.807, 2.05) is 0 Å². The van der Waals surface area contributed by atoms with Crippen molar-refractivity contribution >= 4 is 5.91 Å². The van der Waals surface area contributed by atoms with Gasteiger partial charge >= 0.3 is 0 Å². The molecule has 22 heavy (non-hydrogen) atoms. The molecule has 0 saturated heterocycles. The summed E-state index contributed by atoms with van der Waals surface area (Å²) >= 11 is 0. The number of aryl methyl sites for hydroxylation is 1. The van der Waals surface area contributed by atoms with Gasteiger partial charge in [0.2, 0.25) is 17.6 Å². The number of aromatic nitrogens is 2. The Labute approximate surface area is 127 Å². The molecule has 1 aromatic heterocycles. The highest BCUT2D eigenvalue weighted by molar-refractivity contribution is 5.78. The van der Waals surface area contributed by atoms with Gasteiger partial charge in [-0.1, -0.05) is 24.2 Å². The molecule has 0 fully saturated rings. The van der Waals surface area contributed by atoms with Gasteiger partial charge in [-0.25, -0.2) is 4.39 Å². The third kappa shape index (κ3) is 3.48. The van der Waals surface area contributed by atoms with E-state index in [0.29, 0.717) is 11.1 Å². The molecule has 0 aliphatic rings. The van der Waals surface area contributed by atoms with Crippen LogP contribution < -0.4 is 11.1 Å². The number of rotatable bonds is 5. The smallest absolute Gasteiger partial charge is 0.249 e. The van der Waals surface area contributed by atoms with Gasteiger partial charge in [0.05, 0.1) is 0 Å². The Morgan fingerprint density at radius 3 is 2.82 bits per heavy atom. The number of hydrogen-bond acceptors (Lipinski definition) is 5. The Morgan fingerprint density at radius 1 is 1.45 bits per heavy atom. The average molecular weight is 306 g/mol. The van der Waals surface area contributed by atoms with Crippen molar-refractivity contribution in [3.63, 3.8) is 0 Å². The number of carbonyl (C=O) groups is 1. The first-order valence-electron chi connectivity index (χ1n) is 7.03. The van der Waals surface area contributed by atoms with E-state index < -0.39 is 6.04 Å². The first-order valence-corrected chi connectivity index (χ1v) is 7.03. The van der Waals surface area contributed by atoms with Gasteiger partial charge in [0.15, 0.2) is 0 Å². The summed E-state index contributed by atoms with van der Waals surface area (Å²) in [6, 6.07) is 4.27. The number of nitrogens with one attached hydrogen (secondary N) is 1. The third-order valence-corrected chi connectivity index (χ3v) is 3.40. The molecule has 1 aromatic carbocycles. The maximum absolute atomic E-state index is 13.6. The highest BCUT2D eigenvalue weighted by Gasteiger charge is 2.20. The minimum Gasteiger partial charge on any atom is -0.344 e. The lowest BCUT2D eigenvalue weighted by Crippen LogP contribution is -2.35. The minimum atomic E-state index is -0.446. The Hall–Kier alpha value is -2.28. The average Bonchev–Trinajstić information content (AvgIpc) is 2.99. The van der Waals surface area contributed by atoms with Crippen LogP contribution in [0.2, 0.25) is 0 Å². The zero-order valence-corrected chi connectivity index (χ0v) is 12.8. The van der Waals surface area contributed by atoms with E-state index in [1.54, 1.807) is 32.9 Å². The molecule has 0 aliphatic carbocycles. The van der Waals surface area contributed by atoms with Crippen LogP contribution in [0.4, 0.5) is 4.39 Å². The molecule has 6 nitrogen and oxygen atoms in total. The summed E-state index contributed by atoms with van der Waals surface area (Å²) in [6.07, 6.45) is 0. The van der Waals surface area contributed by atoms with Crippen molar-refractivity contribution in [1.82, 2.24) is 15.5 Å². The summed E-state index contributed by atoms with van der Waals surface area (Å²) in [6.45, 7) is 5.40. The molecule has 0 bridgehead atoms. The molecule has 2 aromatic rings. The zero-order valence-electron chi connectivity index (χ0n) is 12.8. The lowest BCUT2D eigenvalue weighted by atomic mass is 10.1. The van der Waals surface area contributed by atoms with Crippen LogP contribution >= 0.6 is 0 Å². The molecule has 0 saturated carbocycles. The van der Waals surface area contributed by atoms with Gasteiger partial charge in [-0.2, -0.15) is 4.98 Å². The maximum atomic E-state index is 13.6. The number of benzene rings is 1. The highest BCUT2D eigenvalue weighted by atomic mass is 19.1. The molecule has 2 atom stereocenters. The number of nitrogens with zero attached hydrogens (tertiary/aromatic N) is 2. The van der Waals surface area contributed by atoms with Crippen LogP contribution in [0.15, 0.2) is 22.7 Å². The van der Waals surface area contributed by atoms with Gasteiger partial charge in [-0.3, -0.25) is 4.79 Å². The van der Waals surface area contributed by atoms with E-state index in [0.717, 1.165) is 0 Å². The van der Waals surface area contributed by atoms with Crippen LogP contribution in [0, 0.1) is 18.7 Å². The summed E-state index contributed by atoms with van der Waals surface area (Å²) in [4.78, 5) is 16.0. The van der Waals surface area contributed by atoms with Crippen molar-refractivity contribution in [3.8, 4) is 11.4 Å². The summed E-state index contributed by atoms with van der Waals surface area (Å²) in [5, 5.41) is 6.56.